The Morgan fingerprint density at radius 2 is 2.30 bits per heavy atom. The Morgan fingerprint density at radius 3 is 3.05 bits per heavy atom. The Morgan fingerprint density at radius 1 is 1.40 bits per heavy atom. The summed E-state index contributed by atoms with van der Waals surface area (Å²) in [6.07, 6.45) is 3.54. The van der Waals surface area contributed by atoms with Crippen LogP contribution in [0.4, 0.5) is 0 Å². The van der Waals surface area contributed by atoms with Crippen molar-refractivity contribution >= 4 is 5.97 Å². The van der Waals surface area contributed by atoms with Crippen molar-refractivity contribution in [3.05, 3.63) is 59.4 Å². The van der Waals surface area contributed by atoms with Gasteiger partial charge in [-0.2, -0.15) is 0 Å². The number of rotatable bonds is 2. The Balaban J connectivity index is 1.83. The molecular formula is C15H14N2O3. The van der Waals surface area contributed by atoms with Crippen molar-refractivity contribution in [2.75, 3.05) is 6.61 Å². The SMILES string of the molecule is O=C(O)c1ccc2c(c1)OCC(c1cccnc1)NC2. The van der Waals surface area contributed by atoms with Crippen molar-refractivity contribution in [2.24, 2.45) is 0 Å². The zero-order valence-electron chi connectivity index (χ0n) is 10.7. The monoisotopic (exact) mass is 270 g/mol. The van der Waals surface area contributed by atoms with E-state index >= 15 is 0 Å². The highest BCUT2D eigenvalue weighted by atomic mass is 16.5. The summed E-state index contributed by atoms with van der Waals surface area (Å²) in [5.41, 5.74) is 2.25. The fourth-order valence-corrected chi connectivity index (χ4v) is 2.23. The van der Waals surface area contributed by atoms with Gasteiger partial charge < -0.3 is 15.2 Å². The van der Waals surface area contributed by atoms with Crippen molar-refractivity contribution in [1.29, 1.82) is 0 Å². The number of carbonyl (C=O) groups is 1. The summed E-state index contributed by atoms with van der Waals surface area (Å²) >= 11 is 0. The zero-order chi connectivity index (χ0) is 13.9. The minimum absolute atomic E-state index is 0.0457. The van der Waals surface area contributed by atoms with Crippen molar-refractivity contribution in [2.45, 2.75) is 12.6 Å². The number of carboxylic acids is 1. The molecule has 0 bridgehead atoms. The molecule has 2 aromatic rings. The van der Waals surface area contributed by atoms with E-state index in [2.05, 4.69) is 10.3 Å². The molecule has 1 aliphatic rings. The van der Waals surface area contributed by atoms with Gasteiger partial charge in [0.1, 0.15) is 12.4 Å². The standard InChI is InChI=1S/C15H14N2O3/c18-15(19)10-3-4-12-8-17-13(9-20-14(12)6-10)11-2-1-5-16-7-11/h1-7,13,17H,8-9H2,(H,18,19). The van der Waals surface area contributed by atoms with Crippen LogP contribution in [0.5, 0.6) is 5.75 Å². The molecule has 0 spiro atoms. The third-order valence-electron chi connectivity index (χ3n) is 3.35. The minimum atomic E-state index is -0.947. The van der Waals surface area contributed by atoms with Gasteiger partial charge in [0.15, 0.2) is 0 Å². The first kappa shape index (κ1) is 12.6. The summed E-state index contributed by atoms with van der Waals surface area (Å²) in [6.45, 7) is 1.08. The average molecular weight is 270 g/mol. The third kappa shape index (κ3) is 2.48. The van der Waals surface area contributed by atoms with Gasteiger partial charge in [-0.15, -0.1) is 0 Å². The molecule has 1 aromatic heterocycles. The Bertz CT molecular complexity index is 628. The van der Waals surface area contributed by atoms with Crippen LogP contribution >= 0.6 is 0 Å². The van der Waals surface area contributed by atoms with E-state index in [9.17, 15) is 4.79 Å². The second-order valence-corrected chi connectivity index (χ2v) is 4.66. The first-order valence-electron chi connectivity index (χ1n) is 6.36. The predicted molar refractivity (Wildman–Crippen MR) is 72.7 cm³/mol. The smallest absolute Gasteiger partial charge is 0.335 e. The molecule has 5 heteroatoms. The van der Waals surface area contributed by atoms with Crippen molar-refractivity contribution in [1.82, 2.24) is 10.3 Å². The van der Waals surface area contributed by atoms with Gasteiger partial charge in [0.25, 0.3) is 0 Å². The van der Waals surface area contributed by atoms with E-state index in [4.69, 9.17) is 9.84 Å². The van der Waals surface area contributed by atoms with E-state index in [1.807, 2.05) is 12.1 Å². The maximum atomic E-state index is 11.0. The molecule has 5 nitrogen and oxygen atoms in total. The second kappa shape index (κ2) is 5.30. The van der Waals surface area contributed by atoms with E-state index in [0.29, 0.717) is 18.9 Å². The molecule has 102 valence electrons. The van der Waals surface area contributed by atoms with Gasteiger partial charge in [-0.1, -0.05) is 12.1 Å². The van der Waals surface area contributed by atoms with Crippen molar-refractivity contribution in [3.63, 3.8) is 0 Å². The van der Waals surface area contributed by atoms with E-state index < -0.39 is 5.97 Å². The third-order valence-corrected chi connectivity index (χ3v) is 3.35. The molecule has 0 saturated heterocycles. The molecule has 0 radical (unpaired) electrons. The number of hydrogen-bond donors (Lipinski definition) is 2. The highest BCUT2D eigenvalue weighted by Crippen LogP contribution is 2.26. The van der Waals surface area contributed by atoms with E-state index in [-0.39, 0.29) is 11.6 Å². The molecule has 3 rings (SSSR count). The van der Waals surface area contributed by atoms with Crippen LogP contribution in [0.25, 0.3) is 0 Å². The van der Waals surface area contributed by atoms with Gasteiger partial charge >= 0.3 is 5.97 Å². The maximum Gasteiger partial charge on any atom is 0.335 e. The lowest BCUT2D eigenvalue weighted by Crippen LogP contribution is -2.23. The Kier molecular flexibility index (Phi) is 3.35. The fourth-order valence-electron chi connectivity index (χ4n) is 2.23. The predicted octanol–water partition coefficient (Wildman–Crippen LogP) is 2.00. The number of aromatic carboxylic acids is 1. The normalized spacial score (nSPS) is 17.7. The van der Waals surface area contributed by atoms with Crippen LogP contribution in [-0.2, 0) is 6.54 Å². The number of ether oxygens (including phenoxy) is 1. The summed E-state index contributed by atoms with van der Waals surface area (Å²) in [4.78, 5) is 15.1. The molecule has 2 N–H and O–H groups in total. The van der Waals surface area contributed by atoms with E-state index in [1.165, 1.54) is 0 Å². The number of pyridine rings is 1. The number of hydrogen-bond acceptors (Lipinski definition) is 4. The summed E-state index contributed by atoms with van der Waals surface area (Å²) in [7, 11) is 0. The summed E-state index contributed by atoms with van der Waals surface area (Å²) < 4.78 is 5.75. The average Bonchev–Trinajstić information content (AvgIpc) is 2.70. The van der Waals surface area contributed by atoms with Crippen LogP contribution in [0.2, 0.25) is 0 Å². The lowest BCUT2D eigenvalue weighted by Gasteiger charge is -2.14. The molecule has 0 fully saturated rings. The van der Waals surface area contributed by atoms with Crippen LogP contribution in [0.3, 0.4) is 0 Å². The van der Waals surface area contributed by atoms with Gasteiger partial charge in [-0.25, -0.2) is 4.79 Å². The van der Waals surface area contributed by atoms with Crippen LogP contribution in [0.1, 0.15) is 27.5 Å². The molecule has 20 heavy (non-hydrogen) atoms. The number of nitrogens with one attached hydrogen (secondary N) is 1. The quantitative estimate of drug-likeness (QED) is 0.873. The first-order chi connectivity index (χ1) is 9.74. The Hall–Kier alpha value is -2.40. The largest absolute Gasteiger partial charge is 0.491 e. The number of fused-ring (bicyclic) bond motifs is 1. The molecule has 0 aliphatic carbocycles. The zero-order valence-corrected chi connectivity index (χ0v) is 10.7. The molecule has 2 heterocycles. The highest BCUT2D eigenvalue weighted by Gasteiger charge is 2.19. The number of carboxylic acid groups (broad SMARTS) is 1. The molecule has 1 unspecified atom stereocenters. The van der Waals surface area contributed by atoms with Crippen LogP contribution in [0, 0.1) is 0 Å². The Labute approximate surface area is 116 Å². The second-order valence-electron chi connectivity index (χ2n) is 4.66. The summed E-state index contributed by atoms with van der Waals surface area (Å²) in [6, 6.07) is 8.88. The molecule has 1 aromatic carbocycles. The van der Waals surface area contributed by atoms with Crippen molar-refractivity contribution < 1.29 is 14.6 Å². The van der Waals surface area contributed by atoms with Gasteiger partial charge in [-0.3, -0.25) is 4.98 Å². The van der Waals surface area contributed by atoms with Crippen LogP contribution in [0.15, 0.2) is 42.7 Å². The topological polar surface area (TPSA) is 71.5 Å². The fraction of sp³-hybridized carbons (Fsp3) is 0.200. The van der Waals surface area contributed by atoms with Gasteiger partial charge in [0, 0.05) is 24.5 Å². The molecule has 0 saturated carbocycles. The number of nitrogens with zero attached hydrogens (tertiary/aromatic N) is 1. The van der Waals surface area contributed by atoms with Crippen LogP contribution < -0.4 is 10.1 Å². The first-order valence-corrected chi connectivity index (χ1v) is 6.36. The molecule has 1 atom stereocenters. The number of benzene rings is 1. The summed E-state index contributed by atoms with van der Waals surface area (Å²) in [5.74, 6) is -0.318. The maximum absolute atomic E-state index is 11.0. The van der Waals surface area contributed by atoms with E-state index in [0.717, 1.165) is 11.1 Å². The summed E-state index contributed by atoms with van der Waals surface area (Å²) in [5, 5.41) is 12.4. The van der Waals surface area contributed by atoms with E-state index in [1.54, 1.807) is 30.6 Å². The highest BCUT2D eigenvalue weighted by molar-refractivity contribution is 5.88. The van der Waals surface area contributed by atoms with Gasteiger partial charge in [-0.05, 0) is 23.8 Å². The lowest BCUT2D eigenvalue weighted by atomic mass is 10.1. The molecule has 0 amide bonds. The van der Waals surface area contributed by atoms with Crippen LogP contribution in [-0.4, -0.2) is 22.7 Å². The lowest BCUT2D eigenvalue weighted by molar-refractivity contribution is 0.0696. The number of aromatic nitrogens is 1. The van der Waals surface area contributed by atoms with Gasteiger partial charge in [0.05, 0.1) is 11.6 Å². The minimum Gasteiger partial charge on any atom is -0.491 e. The molecule has 1 aliphatic heterocycles. The molecular weight excluding hydrogens is 256 g/mol. The van der Waals surface area contributed by atoms with Gasteiger partial charge in [0.2, 0.25) is 0 Å². The van der Waals surface area contributed by atoms with Crippen molar-refractivity contribution in [3.8, 4) is 5.75 Å².